The Morgan fingerprint density at radius 2 is 1.19 bits per heavy atom. The zero-order valence-corrected chi connectivity index (χ0v) is 20.4. The average Bonchev–Trinajstić information content (AvgIpc) is 2.72. The third-order valence-corrected chi connectivity index (χ3v) is 5.39. The van der Waals surface area contributed by atoms with Crippen LogP contribution >= 0.6 is 0 Å². The number of nitrogens with one attached hydrogen (secondary N) is 1. The molecule has 0 unspecified atom stereocenters. The smallest absolute Gasteiger partial charge is 0.390 e. The Balaban J connectivity index is 2.51. The summed E-state index contributed by atoms with van der Waals surface area (Å²) in [5.74, 6) is 0.315. The van der Waals surface area contributed by atoms with E-state index in [-0.39, 0.29) is 23.7 Å². The van der Waals surface area contributed by atoms with Crippen LogP contribution in [-0.4, -0.2) is 10.9 Å². The molecular weight excluding hydrogens is 402 g/mol. The number of anilines is 1. The van der Waals surface area contributed by atoms with Gasteiger partial charge in [-0.2, -0.15) is 0 Å². The first kappa shape index (κ1) is 25.2. The van der Waals surface area contributed by atoms with Crippen LogP contribution in [0.25, 0.3) is 0 Å². The number of rotatable bonds is 7. The minimum Gasteiger partial charge on any atom is -0.390 e. The molecule has 2 aromatic rings. The van der Waals surface area contributed by atoms with Crippen LogP contribution in [0.1, 0.15) is 101 Å². The molecule has 2 aromatic carbocycles. The zero-order chi connectivity index (χ0) is 24.0. The molecule has 1 N–H and O–H groups in total. The van der Waals surface area contributed by atoms with Gasteiger partial charge in [0.25, 0.3) is 0 Å². The molecule has 0 amide bonds. The highest BCUT2D eigenvalue weighted by Gasteiger charge is 2.19. The summed E-state index contributed by atoms with van der Waals surface area (Å²) < 4.78 is 0. The number of azo groups is 1. The minimum atomic E-state index is -0.615. The van der Waals surface area contributed by atoms with Crippen molar-refractivity contribution in [3.05, 3.63) is 68.8 Å². The predicted octanol–water partition coefficient (Wildman–Crippen LogP) is 7.92. The van der Waals surface area contributed by atoms with E-state index in [9.17, 15) is 10.1 Å². The summed E-state index contributed by atoms with van der Waals surface area (Å²) in [7, 11) is 0. The highest BCUT2D eigenvalue weighted by molar-refractivity contribution is 5.74. The Labute approximate surface area is 191 Å². The Kier molecular flexibility index (Phi) is 8.63. The van der Waals surface area contributed by atoms with E-state index in [2.05, 4.69) is 76.1 Å². The summed E-state index contributed by atoms with van der Waals surface area (Å²) in [6.07, 6.45) is 0. The van der Waals surface area contributed by atoms with Gasteiger partial charge in [-0.15, -0.1) is 0 Å². The van der Waals surface area contributed by atoms with Crippen molar-refractivity contribution in [2.45, 2.75) is 79.1 Å². The molecule has 2 rings (SSSR count). The van der Waals surface area contributed by atoms with Crippen LogP contribution < -0.4 is 5.43 Å². The van der Waals surface area contributed by atoms with Gasteiger partial charge in [0, 0.05) is 5.10 Å². The first-order valence-electron chi connectivity index (χ1n) is 11.2. The lowest BCUT2D eigenvalue weighted by Gasteiger charge is -2.17. The predicted molar refractivity (Wildman–Crippen MR) is 132 cm³/mol. The van der Waals surface area contributed by atoms with E-state index in [4.69, 9.17) is 0 Å². The lowest BCUT2D eigenvalue weighted by molar-refractivity contribution is -0.352. The Hall–Kier alpha value is -3.09. The number of nitro groups is 1. The molecule has 32 heavy (non-hydrogen) atoms. The topological polar surface area (TPSA) is 92.2 Å². The molecule has 0 fully saturated rings. The van der Waals surface area contributed by atoms with Crippen molar-refractivity contribution in [2.24, 2.45) is 15.3 Å². The number of guanidine groups is 1. The number of hydrogen-bond donors (Lipinski definition) is 1. The maximum atomic E-state index is 11.7. The molecule has 0 saturated carbocycles. The highest BCUT2D eigenvalue weighted by Crippen LogP contribution is 2.35. The number of benzene rings is 2. The maximum Gasteiger partial charge on any atom is 0.511 e. The summed E-state index contributed by atoms with van der Waals surface area (Å²) in [4.78, 5) is 11.1. The molecule has 0 aliphatic carbocycles. The summed E-state index contributed by atoms with van der Waals surface area (Å²) in [6.45, 7) is 16.6. The lowest BCUT2D eigenvalue weighted by Crippen LogP contribution is -2.12. The van der Waals surface area contributed by atoms with Crippen molar-refractivity contribution < 1.29 is 4.92 Å². The van der Waals surface area contributed by atoms with E-state index in [0.717, 1.165) is 27.9 Å². The van der Waals surface area contributed by atoms with E-state index in [1.807, 2.05) is 36.4 Å². The van der Waals surface area contributed by atoms with Gasteiger partial charge in [0.05, 0.1) is 10.8 Å². The molecule has 0 atom stereocenters. The van der Waals surface area contributed by atoms with Crippen LogP contribution in [0.15, 0.2) is 51.7 Å². The van der Waals surface area contributed by atoms with Gasteiger partial charge in [0.2, 0.25) is 0 Å². The van der Waals surface area contributed by atoms with Crippen molar-refractivity contribution >= 4 is 17.3 Å². The van der Waals surface area contributed by atoms with E-state index in [0.29, 0.717) is 5.69 Å². The second kappa shape index (κ2) is 11.0. The lowest BCUT2D eigenvalue weighted by atomic mass is 9.93. The maximum absolute atomic E-state index is 11.7. The van der Waals surface area contributed by atoms with Crippen molar-refractivity contribution in [1.82, 2.24) is 0 Å². The Morgan fingerprint density at radius 1 is 0.781 bits per heavy atom. The quantitative estimate of drug-likeness (QED) is 0.157. The Bertz CT molecular complexity index is 955. The van der Waals surface area contributed by atoms with E-state index >= 15 is 0 Å². The molecule has 0 aliphatic heterocycles. The van der Waals surface area contributed by atoms with Crippen LogP contribution in [0.3, 0.4) is 0 Å². The van der Waals surface area contributed by atoms with Crippen molar-refractivity contribution in [3.8, 4) is 0 Å². The summed E-state index contributed by atoms with van der Waals surface area (Å²) >= 11 is 0. The van der Waals surface area contributed by atoms with Gasteiger partial charge in [-0.1, -0.05) is 96.9 Å². The molecule has 7 nitrogen and oxygen atoms in total. The first-order chi connectivity index (χ1) is 15.0. The van der Waals surface area contributed by atoms with Gasteiger partial charge in [-0.05, 0) is 50.8 Å². The van der Waals surface area contributed by atoms with Gasteiger partial charge in [0.15, 0.2) is 0 Å². The van der Waals surface area contributed by atoms with E-state index in [1.54, 1.807) is 0 Å². The van der Waals surface area contributed by atoms with Crippen LogP contribution in [0.2, 0.25) is 0 Å². The van der Waals surface area contributed by atoms with Crippen LogP contribution in [0.4, 0.5) is 11.4 Å². The van der Waals surface area contributed by atoms with Gasteiger partial charge >= 0.3 is 5.96 Å². The third kappa shape index (κ3) is 5.99. The zero-order valence-electron chi connectivity index (χ0n) is 20.4. The third-order valence-electron chi connectivity index (χ3n) is 5.39. The molecule has 172 valence electrons. The fourth-order valence-electron chi connectivity index (χ4n) is 3.61. The van der Waals surface area contributed by atoms with Gasteiger partial charge in [-0.3, -0.25) is 0 Å². The highest BCUT2D eigenvalue weighted by atomic mass is 16.6. The molecule has 0 aliphatic rings. The van der Waals surface area contributed by atoms with Gasteiger partial charge < -0.3 is 10.1 Å². The molecule has 7 heteroatoms. The summed E-state index contributed by atoms with van der Waals surface area (Å²) in [6, 6.07) is 12.0. The molecule has 0 spiro atoms. The molecule has 0 heterocycles. The van der Waals surface area contributed by atoms with Crippen molar-refractivity contribution in [1.29, 1.82) is 0 Å². The SMILES string of the molecule is CC(C)c1cccc(C(C)C)c1N=N/C(=N/Nc1c(C(C)C)cccc1C(C)C)[N+](=O)[O-]. The number of hydrazone groups is 1. The fourth-order valence-corrected chi connectivity index (χ4v) is 3.61. The van der Waals surface area contributed by atoms with E-state index < -0.39 is 10.9 Å². The molecule has 0 bridgehead atoms. The monoisotopic (exact) mass is 437 g/mol. The van der Waals surface area contributed by atoms with Crippen LogP contribution in [0, 0.1) is 10.1 Å². The molecule has 0 saturated heterocycles. The fraction of sp³-hybridized carbons (Fsp3) is 0.480. The minimum absolute atomic E-state index is 0.211. The number of para-hydroxylation sites is 1. The second-order valence-electron chi connectivity index (χ2n) is 9.20. The normalized spacial score (nSPS) is 12.6. The number of hydrogen-bond acceptors (Lipinski definition) is 5. The molecular formula is C25H35N5O2. The second-order valence-corrected chi connectivity index (χ2v) is 9.20. The van der Waals surface area contributed by atoms with Crippen molar-refractivity contribution in [2.75, 3.05) is 5.43 Å². The Morgan fingerprint density at radius 3 is 1.56 bits per heavy atom. The van der Waals surface area contributed by atoms with Crippen LogP contribution in [0.5, 0.6) is 0 Å². The molecule has 0 aromatic heterocycles. The molecule has 0 radical (unpaired) electrons. The van der Waals surface area contributed by atoms with E-state index in [1.165, 1.54) is 0 Å². The standard InChI is InChI=1S/C25H35N5O2/c1-15(2)19-11-9-12-20(16(3)4)23(19)26-28-25(30(31)32)29-27-24-21(17(5)6)13-10-14-22(24)18(7)8/h9-18,26H,1-8H3/b28-25-,29-27?. The van der Waals surface area contributed by atoms with Crippen LogP contribution in [-0.2, 0) is 0 Å². The van der Waals surface area contributed by atoms with Gasteiger partial charge in [-0.25, -0.2) is 5.43 Å². The average molecular weight is 438 g/mol. The largest absolute Gasteiger partial charge is 0.511 e. The first-order valence-corrected chi connectivity index (χ1v) is 11.2. The van der Waals surface area contributed by atoms with Gasteiger partial charge in [0.1, 0.15) is 5.69 Å². The number of nitrogens with zero attached hydrogens (tertiary/aromatic N) is 4. The van der Waals surface area contributed by atoms with Crippen molar-refractivity contribution in [3.63, 3.8) is 0 Å². The summed E-state index contributed by atoms with van der Waals surface area (Å²) in [5.41, 5.74) is 8.50. The summed E-state index contributed by atoms with van der Waals surface area (Å²) in [5, 5.41) is 24.0.